The van der Waals surface area contributed by atoms with Gasteiger partial charge in [0, 0.05) is 37.6 Å². The van der Waals surface area contributed by atoms with Crippen LogP contribution in [-0.2, 0) is 4.79 Å². The fourth-order valence-corrected chi connectivity index (χ4v) is 3.07. The van der Waals surface area contributed by atoms with Gasteiger partial charge in [-0.25, -0.2) is 4.39 Å². The highest BCUT2D eigenvalue weighted by Gasteiger charge is 2.23. The number of hydrogen-bond donors (Lipinski definition) is 3. The first-order valence-corrected chi connectivity index (χ1v) is 8.96. The Hall–Kier alpha value is -3.09. The molecular weight excluding hydrogens is 345 g/mol. The van der Waals surface area contributed by atoms with Crippen molar-refractivity contribution in [3.63, 3.8) is 0 Å². The van der Waals surface area contributed by atoms with Crippen LogP contribution in [0.4, 0.5) is 15.8 Å². The topological polar surface area (TPSA) is 68.8 Å². The zero-order chi connectivity index (χ0) is 19.1. The second-order valence-electron chi connectivity index (χ2n) is 6.40. The van der Waals surface area contributed by atoms with Gasteiger partial charge in [-0.3, -0.25) is 9.79 Å². The van der Waals surface area contributed by atoms with Crippen LogP contribution < -0.4 is 20.9 Å². The maximum Gasteiger partial charge on any atom is 0.243 e. The van der Waals surface area contributed by atoms with Gasteiger partial charge in [0.15, 0.2) is 5.96 Å². The van der Waals surface area contributed by atoms with Gasteiger partial charge >= 0.3 is 0 Å². The lowest BCUT2D eigenvalue weighted by Crippen LogP contribution is -2.46. The van der Waals surface area contributed by atoms with Crippen molar-refractivity contribution < 1.29 is 9.18 Å². The molecule has 1 aliphatic heterocycles. The van der Waals surface area contributed by atoms with Crippen LogP contribution in [0, 0.1) is 5.82 Å². The second-order valence-corrected chi connectivity index (χ2v) is 6.40. The predicted octanol–water partition coefficient (Wildman–Crippen LogP) is 2.21. The van der Waals surface area contributed by atoms with E-state index in [-0.39, 0.29) is 24.3 Å². The van der Waals surface area contributed by atoms with E-state index in [1.807, 2.05) is 18.2 Å². The molecule has 1 fully saturated rings. The van der Waals surface area contributed by atoms with E-state index in [0.717, 1.165) is 19.5 Å². The number of amides is 1. The van der Waals surface area contributed by atoms with Crippen molar-refractivity contribution in [2.75, 3.05) is 36.9 Å². The first-order valence-electron chi connectivity index (χ1n) is 8.96. The standard InChI is InChI=1S/C20H24FN5O/c1-22-20(23-13-19(27)24-16-7-5-6-15(21)12-16)25-17-10-11-26(14-17)18-8-3-2-4-9-18/h2-9,12,17H,10-11,13-14H2,1H3,(H,24,27)(H2,22,23,25). The van der Waals surface area contributed by atoms with Gasteiger partial charge in [0.2, 0.25) is 5.91 Å². The molecule has 0 bridgehead atoms. The van der Waals surface area contributed by atoms with Crippen LogP contribution in [0.2, 0.25) is 0 Å². The number of rotatable bonds is 5. The number of guanidine groups is 1. The lowest BCUT2D eigenvalue weighted by atomic mass is 10.3. The molecule has 0 spiro atoms. The molecule has 0 aliphatic carbocycles. The van der Waals surface area contributed by atoms with Gasteiger partial charge in [0.25, 0.3) is 0 Å². The van der Waals surface area contributed by atoms with Gasteiger partial charge in [0.1, 0.15) is 5.82 Å². The van der Waals surface area contributed by atoms with E-state index in [2.05, 4.69) is 38.0 Å². The molecular formula is C20H24FN5O. The number of carbonyl (C=O) groups excluding carboxylic acids is 1. The Morgan fingerprint density at radius 2 is 2.04 bits per heavy atom. The zero-order valence-corrected chi connectivity index (χ0v) is 15.3. The molecule has 0 saturated carbocycles. The summed E-state index contributed by atoms with van der Waals surface area (Å²) in [5.74, 6) is -0.0763. The molecule has 1 aliphatic rings. The number of nitrogens with zero attached hydrogens (tertiary/aromatic N) is 2. The lowest BCUT2D eigenvalue weighted by molar-refractivity contribution is -0.115. The SMILES string of the molecule is CN=C(NCC(=O)Nc1cccc(F)c1)NC1CCN(c2ccccc2)C1. The van der Waals surface area contributed by atoms with Crippen LogP contribution in [0.15, 0.2) is 59.6 Å². The fourth-order valence-electron chi connectivity index (χ4n) is 3.07. The smallest absolute Gasteiger partial charge is 0.243 e. The molecule has 3 rings (SSSR count). The Morgan fingerprint density at radius 3 is 2.78 bits per heavy atom. The third-order valence-corrected chi connectivity index (χ3v) is 4.40. The van der Waals surface area contributed by atoms with Crippen LogP contribution in [0.5, 0.6) is 0 Å². The molecule has 1 unspecified atom stereocenters. The first-order chi connectivity index (χ1) is 13.1. The minimum atomic E-state index is -0.387. The van der Waals surface area contributed by atoms with E-state index in [4.69, 9.17) is 0 Å². The van der Waals surface area contributed by atoms with Crippen LogP contribution in [0.1, 0.15) is 6.42 Å². The predicted molar refractivity (Wildman–Crippen MR) is 107 cm³/mol. The summed E-state index contributed by atoms with van der Waals surface area (Å²) in [6.45, 7) is 1.89. The molecule has 1 saturated heterocycles. The number of halogens is 1. The van der Waals surface area contributed by atoms with Crippen molar-refractivity contribution in [2.45, 2.75) is 12.5 Å². The molecule has 1 atom stereocenters. The molecule has 2 aromatic rings. The van der Waals surface area contributed by atoms with Crippen molar-refractivity contribution >= 4 is 23.2 Å². The molecule has 1 heterocycles. The van der Waals surface area contributed by atoms with Gasteiger partial charge in [-0.05, 0) is 36.8 Å². The summed E-state index contributed by atoms with van der Waals surface area (Å²) in [6.07, 6.45) is 0.991. The van der Waals surface area contributed by atoms with E-state index in [0.29, 0.717) is 11.6 Å². The van der Waals surface area contributed by atoms with Crippen LogP contribution in [-0.4, -0.2) is 44.6 Å². The Balaban J connectivity index is 1.45. The third kappa shape index (κ3) is 5.44. The van der Waals surface area contributed by atoms with Gasteiger partial charge in [0.05, 0.1) is 6.54 Å². The zero-order valence-electron chi connectivity index (χ0n) is 15.3. The number of nitrogens with one attached hydrogen (secondary N) is 3. The second kappa shape index (κ2) is 9.02. The molecule has 2 aromatic carbocycles. The number of hydrogen-bond acceptors (Lipinski definition) is 3. The van der Waals surface area contributed by atoms with Crippen LogP contribution in [0.25, 0.3) is 0 Å². The van der Waals surface area contributed by atoms with Crippen LogP contribution >= 0.6 is 0 Å². The lowest BCUT2D eigenvalue weighted by Gasteiger charge is -2.20. The molecule has 7 heteroatoms. The van der Waals surface area contributed by atoms with E-state index in [1.165, 1.54) is 17.8 Å². The van der Waals surface area contributed by atoms with E-state index in [1.54, 1.807) is 19.2 Å². The summed E-state index contributed by atoms with van der Waals surface area (Å²) in [6, 6.07) is 16.3. The highest BCUT2D eigenvalue weighted by molar-refractivity contribution is 5.95. The van der Waals surface area contributed by atoms with Gasteiger partial charge in [-0.15, -0.1) is 0 Å². The number of para-hydroxylation sites is 1. The summed E-state index contributed by atoms with van der Waals surface area (Å²) >= 11 is 0. The summed E-state index contributed by atoms with van der Waals surface area (Å²) in [7, 11) is 1.67. The van der Waals surface area contributed by atoms with Crippen molar-refractivity contribution in [1.82, 2.24) is 10.6 Å². The molecule has 1 amide bonds. The van der Waals surface area contributed by atoms with E-state index >= 15 is 0 Å². The Morgan fingerprint density at radius 1 is 1.22 bits per heavy atom. The van der Waals surface area contributed by atoms with E-state index in [9.17, 15) is 9.18 Å². The van der Waals surface area contributed by atoms with Gasteiger partial charge in [-0.2, -0.15) is 0 Å². The molecule has 3 N–H and O–H groups in total. The fraction of sp³-hybridized carbons (Fsp3) is 0.300. The maximum absolute atomic E-state index is 13.2. The van der Waals surface area contributed by atoms with Crippen molar-refractivity contribution in [3.05, 3.63) is 60.4 Å². The van der Waals surface area contributed by atoms with Crippen molar-refractivity contribution in [2.24, 2.45) is 4.99 Å². The Bertz CT molecular complexity index is 796. The largest absolute Gasteiger partial charge is 0.369 e. The first kappa shape index (κ1) is 18.7. The van der Waals surface area contributed by atoms with Gasteiger partial charge in [-0.1, -0.05) is 24.3 Å². The van der Waals surface area contributed by atoms with Crippen molar-refractivity contribution in [1.29, 1.82) is 0 Å². The number of benzene rings is 2. The quantitative estimate of drug-likeness (QED) is 0.558. The Kier molecular flexibility index (Phi) is 6.25. The highest BCUT2D eigenvalue weighted by Crippen LogP contribution is 2.19. The monoisotopic (exact) mass is 369 g/mol. The Labute approximate surface area is 158 Å². The molecule has 27 heavy (non-hydrogen) atoms. The molecule has 6 nitrogen and oxygen atoms in total. The van der Waals surface area contributed by atoms with Gasteiger partial charge < -0.3 is 20.9 Å². The minimum absolute atomic E-state index is 0.0469. The normalized spacial score (nSPS) is 16.9. The molecule has 0 aromatic heterocycles. The average Bonchev–Trinajstić information content (AvgIpc) is 3.14. The van der Waals surface area contributed by atoms with Crippen LogP contribution in [0.3, 0.4) is 0 Å². The number of aliphatic imine (C=N–C) groups is 1. The summed E-state index contributed by atoms with van der Waals surface area (Å²) in [4.78, 5) is 18.5. The average molecular weight is 369 g/mol. The maximum atomic E-state index is 13.2. The number of anilines is 2. The molecule has 0 radical (unpaired) electrons. The van der Waals surface area contributed by atoms with Crippen molar-refractivity contribution in [3.8, 4) is 0 Å². The third-order valence-electron chi connectivity index (χ3n) is 4.40. The summed E-state index contributed by atoms with van der Waals surface area (Å²) in [5.41, 5.74) is 1.64. The number of carbonyl (C=O) groups is 1. The molecule has 142 valence electrons. The highest BCUT2D eigenvalue weighted by atomic mass is 19.1. The minimum Gasteiger partial charge on any atom is -0.369 e. The van der Waals surface area contributed by atoms with E-state index < -0.39 is 0 Å². The summed E-state index contributed by atoms with van der Waals surface area (Å²) in [5, 5.41) is 9.00. The summed E-state index contributed by atoms with van der Waals surface area (Å²) < 4.78 is 13.2.